The third kappa shape index (κ3) is 16.2. The molecule has 0 spiro atoms. The number of aliphatic imine (C=N–C) groups is 2. The van der Waals surface area contributed by atoms with Gasteiger partial charge in [-0.25, -0.2) is 9.98 Å². The first kappa shape index (κ1) is 52.6. The Morgan fingerprint density at radius 3 is 2.54 bits per heavy atom. The zero-order valence-corrected chi connectivity index (χ0v) is 40.2. The number of rotatable bonds is 20. The van der Waals surface area contributed by atoms with Gasteiger partial charge in [-0.1, -0.05) is 68.9 Å². The number of nitrogens with one attached hydrogen (secondary N) is 3. The van der Waals surface area contributed by atoms with Crippen LogP contribution in [0.2, 0.25) is 0 Å². The van der Waals surface area contributed by atoms with E-state index in [1.165, 1.54) is 11.2 Å². The number of carbonyl (C=O) groups is 3. The van der Waals surface area contributed by atoms with Crippen molar-refractivity contribution in [2.45, 2.75) is 77.4 Å². The summed E-state index contributed by atoms with van der Waals surface area (Å²) in [6, 6.07) is 13.4. The van der Waals surface area contributed by atoms with Crippen LogP contribution in [-0.4, -0.2) is 136 Å². The molecule has 2 aromatic carbocycles. The summed E-state index contributed by atoms with van der Waals surface area (Å²) < 4.78 is 29.2. The van der Waals surface area contributed by atoms with E-state index in [9.17, 15) is 19.5 Å². The molecule has 4 N–H and O–H groups in total. The van der Waals surface area contributed by atoms with Crippen molar-refractivity contribution in [2.75, 3.05) is 71.8 Å². The molecule has 0 bridgehead atoms. The Hall–Kier alpha value is -6.36. The maximum atomic E-state index is 14.0. The van der Waals surface area contributed by atoms with Gasteiger partial charge in [0.2, 0.25) is 23.4 Å². The highest BCUT2D eigenvalue weighted by Gasteiger charge is 2.44. The second kappa shape index (κ2) is 26.8. The van der Waals surface area contributed by atoms with Gasteiger partial charge in [0.1, 0.15) is 50.6 Å². The van der Waals surface area contributed by atoms with Gasteiger partial charge in [0, 0.05) is 57.1 Å². The normalized spacial score (nSPS) is 18.4. The summed E-state index contributed by atoms with van der Waals surface area (Å²) in [4.78, 5) is 55.8. The van der Waals surface area contributed by atoms with Crippen molar-refractivity contribution in [3.8, 4) is 46.5 Å². The molecule has 2 aliphatic heterocycles. The zero-order valence-electron chi connectivity index (χ0n) is 39.3. The van der Waals surface area contributed by atoms with E-state index in [0.717, 1.165) is 27.4 Å². The second-order valence-electron chi connectivity index (χ2n) is 16.9. The molecule has 2 aliphatic rings. The number of β-amino-alcohol motifs (C(OH)–C–C–N with tert-alkyl or cyclic N) is 1. The number of carbonyl (C=O) groups excluding carboxylic acids is 3. The molecule has 1 fully saturated rings. The van der Waals surface area contributed by atoms with Gasteiger partial charge in [-0.3, -0.25) is 19.4 Å². The number of aryl methyl sites for hydroxylation is 1. The van der Waals surface area contributed by atoms with Crippen molar-refractivity contribution in [3.05, 3.63) is 82.7 Å². The van der Waals surface area contributed by atoms with E-state index in [1.807, 2.05) is 82.3 Å². The number of aromatic nitrogens is 1. The topological polar surface area (TPSA) is 195 Å². The summed E-state index contributed by atoms with van der Waals surface area (Å²) >= 11 is 1.57. The highest BCUT2D eigenvalue weighted by molar-refractivity contribution is 7.13. The third-order valence-electron chi connectivity index (χ3n) is 10.6. The van der Waals surface area contributed by atoms with Crippen LogP contribution in [0, 0.1) is 48.4 Å². The van der Waals surface area contributed by atoms with Crippen molar-refractivity contribution in [1.29, 1.82) is 0 Å². The lowest BCUT2D eigenvalue weighted by atomic mass is 9.85. The summed E-state index contributed by atoms with van der Waals surface area (Å²) in [5, 5.41) is 19.7. The molecule has 1 aromatic heterocycles. The van der Waals surface area contributed by atoms with Crippen molar-refractivity contribution in [1.82, 2.24) is 20.5 Å². The lowest BCUT2D eigenvalue weighted by molar-refractivity contribution is -0.144. The number of terminal acetylenes is 1. The molecule has 3 aromatic rings. The van der Waals surface area contributed by atoms with Crippen molar-refractivity contribution >= 4 is 47.3 Å². The average Bonchev–Trinajstić information content (AvgIpc) is 3.95. The Morgan fingerprint density at radius 2 is 1.82 bits per heavy atom. The lowest BCUT2D eigenvalue weighted by Crippen LogP contribution is -2.58. The van der Waals surface area contributed by atoms with Crippen molar-refractivity contribution < 1.29 is 43.2 Å². The molecular weight excluding hydrogens is 887 g/mol. The standard InChI is InChI=1S/C51H61N7O9S/c1-7-38-14-12-15-41(30-38)57-51(67-29-26-63-6)21-23-53-35-52-22-13-16-44(51)66-28-27-64-24-10-8-9-11-25-65-34-45(60)56-47(50(3,4)5)49(62)58-33-42(59)31-43(58)48(61)54-32-39-17-19-40(20-18-39)46-37(2)55-36-68-46/h1,12,14-20,23,30,35-36,42-43,47,57,59H,13,21-22,24-29,31-34H2,2-6H3,(H,54,61)(H,56,60)/t42-,43+,47-,51?/m1/s1. The molecule has 1 saturated heterocycles. The average molecular weight is 948 g/mol. The third-order valence-corrected chi connectivity index (χ3v) is 11.6. The summed E-state index contributed by atoms with van der Waals surface area (Å²) in [5.41, 5.74) is 4.27. The molecule has 0 aliphatic carbocycles. The fourth-order valence-corrected chi connectivity index (χ4v) is 8.03. The number of likely N-dealkylation sites (tertiary alicyclic amines) is 1. The zero-order chi connectivity index (χ0) is 48.8. The second-order valence-corrected chi connectivity index (χ2v) is 17.7. The van der Waals surface area contributed by atoms with Crippen LogP contribution in [0.5, 0.6) is 0 Å². The van der Waals surface area contributed by atoms with Crippen molar-refractivity contribution in [2.24, 2.45) is 15.4 Å². The van der Waals surface area contributed by atoms with Gasteiger partial charge in [0.15, 0.2) is 0 Å². The van der Waals surface area contributed by atoms with Crippen LogP contribution in [0.4, 0.5) is 5.69 Å². The molecule has 0 saturated carbocycles. The Bertz CT molecular complexity index is 2420. The molecule has 5 rings (SSSR count). The van der Waals surface area contributed by atoms with Gasteiger partial charge in [-0.15, -0.1) is 17.8 Å². The number of anilines is 1. The highest BCUT2D eigenvalue weighted by Crippen LogP contribution is 2.31. The maximum absolute atomic E-state index is 14.0. The molecule has 0 radical (unpaired) electrons. The molecule has 17 heteroatoms. The number of nitrogens with zero attached hydrogens (tertiary/aromatic N) is 4. The van der Waals surface area contributed by atoms with E-state index in [1.54, 1.807) is 30.2 Å². The Labute approximate surface area is 403 Å². The first-order valence-electron chi connectivity index (χ1n) is 22.3. The van der Waals surface area contributed by atoms with Gasteiger partial charge in [-0.2, -0.15) is 0 Å². The van der Waals surface area contributed by atoms with Crippen LogP contribution in [-0.2, 0) is 44.6 Å². The van der Waals surface area contributed by atoms with Crippen LogP contribution in [0.1, 0.15) is 56.9 Å². The number of ether oxygens (including phenoxy) is 5. The van der Waals surface area contributed by atoms with Gasteiger partial charge < -0.3 is 49.6 Å². The monoisotopic (exact) mass is 947 g/mol. The summed E-state index contributed by atoms with van der Waals surface area (Å²) in [6.07, 6.45) is 10.9. The number of benzene rings is 2. The van der Waals surface area contributed by atoms with Gasteiger partial charge >= 0.3 is 0 Å². The summed E-state index contributed by atoms with van der Waals surface area (Å²) in [5.74, 6) is 12.8. The first-order chi connectivity index (χ1) is 32.8. The van der Waals surface area contributed by atoms with Crippen molar-refractivity contribution in [3.63, 3.8) is 0 Å². The van der Waals surface area contributed by atoms with Gasteiger partial charge in [-0.05, 0) is 66.0 Å². The number of amides is 3. The predicted octanol–water partition coefficient (Wildman–Crippen LogP) is 4.51. The van der Waals surface area contributed by atoms with E-state index in [0.29, 0.717) is 37.3 Å². The van der Waals surface area contributed by atoms with E-state index in [-0.39, 0.29) is 65.1 Å². The summed E-state index contributed by atoms with van der Waals surface area (Å²) in [7, 11) is 1.60. The van der Waals surface area contributed by atoms with E-state index in [4.69, 9.17) is 30.1 Å². The fourth-order valence-electron chi connectivity index (χ4n) is 7.21. The molecule has 1 unspecified atom stereocenters. The quantitative estimate of drug-likeness (QED) is 0.0708. The van der Waals surface area contributed by atoms with E-state index in [2.05, 4.69) is 60.5 Å². The molecule has 68 heavy (non-hydrogen) atoms. The number of thiazole rings is 1. The molecule has 3 heterocycles. The smallest absolute Gasteiger partial charge is 0.246 e. The highest BCUT2D eigenvalue weighted by atomic mass is 32.1. The van der Waals surface area contributed by atoms with Gasteiger partial charge in [0.25, 0.3) is 0 Å². The van der Waals surface area contributed by atoms with Crippen LogP contribution in [0.3, 0.4) is 0 Å². The minimum atomic E-state index is -1.14. The Kier molecular flexibility index (Phi) is 20.8. The number of aliphatic hydroxyl groups is 1. The molecule has 360 valence electrons. The summed E-state index contributed by atoms with van der Waals surface area (Å²) in [6.45, 7) is 8.81. The minimum Gasteiger partial charge on any atom is -0.491 e. The molecule has 4 atom stereocenters. The van der Waals surface area contributed by atoms with Crippen LogP contribution < -0.4 is 16.0 Å². The molecule has 3 amide bonds. The van der Waals surface area contributed by atoms with E-state index >= 15 is 0 Å². The Balaban J connectivity index is 1.06. The van der Waals surface area contributed by atoms with Crippen LogP contribution in [0.25, 0.3) is 10.4 Å². The fraction of sp³-hybridized carbons (Fsp3) is 0.451. The molecule has 16 nitrogen and oxygen atoms in total. The SMILES string of the molecule is C#Cc1cccc(NC2(OCCOC)CC=NC=NCCC=C2OCCOCC#CC#CCOCC(=O)N[C@H](C(=O)N2C[C@H](O)C[C@H]2C(=O)NCc2ccc(-c3scnc3C)cc2)C(C)(C)C)c1. The van der Waals surface area contributed by atoms with Gasteiger partial charge in [0.05, 0.1) is 42.0 Å². The number of hydrogen-bond donors (Lipinski definition) is 4. The van der Waals surface area contributed by atoms with Crippen LogP contribution >= 0.6 is 11.3 Å². The first-order valence-corrected chi connectivity index (χ1v) is 23.2. The van der Waals surface area contributed by atoms with E-state index < -0.39 is 41.1 Å². The largest absolute Gasteiger partial charge is 0.491 e. The Morgan fingerprint density at radius 1 is 1.04 bits per heavy atom. The maximum Gasteiger partial charge on any atom is 0.246 e. The number of methoxy groups -OCH3 is 1. The lowest BCUT2D eigenvalue weighted by Gasteiger charge is -2.36. The number of hydrogen-bond acceptors (Lipinski definition) is 14. The minimum absolute atomic E-state index is 0.0350. The molecular formula is C51H61N7O9S. The predicted molar refractivity (Wildman–Crippen MR) is 263 cm³/mol. The van der Waals surface area contributed by atoms with Crippen LogP contribution in [0.15, 0.2) is 75.9 Å². The number of aliphatic hydroxyl groups excluding tert-OH is 1.